The number of anilines is 3. The molecule has 0 atom stereocenters. The average Bonchev–Trinajstić information content (AvgIpc) is 3.63. The molecule has 0 bridgehead atoms. The van der Waals surface area contributed by atoms with Gasteiger partial charge in [-0.25, -0.2) is 9.97 Å². The van der Waals surface area contributed by atoms with Gasteiger partial charge in [-0.15, -0.1) is 0 Å². The van der Waals surface area contributed by atoms with Gasteiger partial charge in [0, 0.05) is 67.9 Å². The number of carbonyl (C=O) groups is 1. The monoisotopic (exact) mass is 549 g/mol. The van der Waals surface area contributed by atoms with Crippen LogP contribution in [0.4, 0.5) is 17.2 Å². The van der Waals surface area contributed by atoms with Crippen LogP contribution in [-0.4, -0.2) is 41.1 Å². The number of hydrogen-bond acceptors (Lipinski definition) is 6. The number of nitrogens with one attached hydrogen (secondary N) is 1. The zero-order valence-corrected chi connectivity index (χ0v) is 23.3. The fourth-order valence-electron chi connectivity index (χ4n) is 6.35. The van der Waals surface area contributed by atoms with Crippen molar-refractivity contribution in [2.45, 2.75) is 39.8 Å². The number of aliphatic hydroxyl groups excluding tert-OH is 1. The minimum atomic E-state index is -0.309. The second-order valence-corrected chi connectivity index (χ2v) is 11.7. The van der Waals surface area contributed by atoms with Crippen molar-refractivity contribution in [1.29, 1.82) is 0 Å². The molecule has 0 unspecified atom stereocenters. The van der Waals surface area contributed by atoms with Gasteiger partial charge in [0.1, 0.15) is 22.8 Å². The van der Waals surface area contributed by atoms with Crippen LogP contribution in [0, 0.1) is 5.41 Å². The Morgan fingerprint density at radius 1 is 1.02 bits per heavy atom. The summed E-state index contributed by atoms with van der Waals surface area (Å²) in [4.78, 5) is 37.3. The maximum atomic E-state index is 13.8. The van der Waals surface area contributed by atoms with E-state index in [0.29, 0.717) is 41.4 Å². The lowest BCUT2D eigenvalue weighted by molar-refractivity contribution is 0.0962. The highest BCUT2D eigenvalue weighted by molar-refractivity contribution is 6.06. The first-order valence-corrected chi connectivity index (χ1v) is 13.7. The molecule has 2 aliphatic rings. The number of hydrogen-bond donors (Lipinski definition) is 2. The number of rotatable bonds is 5. The van der Waals surface area contributed by atoms with Crippen molar-refractivity contribution in [1.82, 2.24) is 23.5 Å². The summed E-state index contributed by atoms with van der Waals surface area (Å²) in [6, 6.07) is 9.36. The van der Waals surface area contributed by atoms with E-state index in [9.17, 15) is 14.7 Å². The summed E-state index contributed by atoms with van der Waals surface area (Å²) in [5.41, 5.74) is 7.11. The lowest BCUT2D eigenvalue weighted by Crippen LogP contribution is -2.41. The molecule has 0 fully saturated rings. The van der Waals surface area contributed by atoms with Crippen LogP contribution in [0.3, 0.4) is 0 Å². The third-order valence-electron chi connectivity index (χ3n) is 8.23. The van der Waals surface area contributed by atoms with E-state index in [1.165, 1.54) is 15.8 Å². The molecule has 2 N–H and O–H groups in total. The van der Waals surface area contributed by atoms with E-state index in [4.69, 9.17) is 0 Å². The quantitative estimate of drug-likeness (QED) is 0.344. The smallest absolute Gasteiger partial charge is 0.276 e. The van der Waals surface area contributed by atoms with Crippen LogP contribution in [0.1, 0.15) is 41.2 Å². The van der Waals surface area contributed by atoms with Gasteiger partial charge < -0.3 is 24.0 Å². The van der Waals surface area contributed by atoms with Crippen LogP contribution in [-0.2, 0) is 33.0 Å². The fraction of sp³-hybridized carbons (Fsp3) is 0.290. The second kappa shape index (κ2) is 9.17. The van der Waals surface area contributed by atoms with E-state index in [1.54, 1.807) is 36.6 Å². The number of amides is 1. The standard InChI is InChI=1S/C31H31N7O3/c1-31(2)14-19-13-25-30(41)38(11-10-37(25)26(19)15-31)28-23(18-39)22(6-7-33-28)20-12-24(29(40)35(3)16-20)34-21-4-5-27-32-8-9-36(27)17-21/h4-9,12-13,16-17,34,39H,10-11,14-15,18H2,1-3H3. The molecule has 208 valence electrons. The van der Waals surface area contributed by atoms with Gasteiger partial charge in [0.2, 0.25) is 0 Å². The Morgan fingerprint density at radius 2 is 1.88 bits per heavy atom. The Labute approximate surface area is 236 Å². The molecule has 10 heteroatoms. The molecule has 10 nitrogen and oxygen atoms in total. The molecule has 0 saturated heterocycles. The summed E-state index contributed by atoms with van der Waals surface area (Å²) in [5.74, 6) is 0.331. The molecule has 1 amide bonds. The van der Waals surface area contributed by atoms with Crippen molar-refractivity contribution in [3.63, 3.8) is 0 Å². The van der Waals surface area contributed by atoms with Gasteiger partial charge in [-0.05, 0) is 59.7 Å². The van der Waals surface area contributed by atoms with Crippen molar-refractivity contribution >= 4 is 28.7 Å². The number of carbonyl (C=O) groups excluding carboxylic acids is 1. The molecular weight excluding hydrogens is 518 g/mol. The zero-order chi connectivity index (χ0) is 28.5. The minimum absolute atomic E-state index is 0.111. The fourth-order valence-corrected chi connectivity index (χ4v) is 6.35. The third kappa shape index (κ3) is 4.13. The summed E-state index contributed by atoms with van der Waals surface area (Å²) in [6.07, 6.45) is 10.7. The van der Waals surface area contributed by atoms with Crippen molar-refractivity contribution in [2.24, 2.45) is 12.5 Å². The maximum absolute atomic E-state index is 13.8. The molecular formula is C31H31N7O3. The van der Waals surface area contributed by atoms with Crippen LogP contribution in [0.25, 0.3) is 16.8 Å². The molecule has 5 aromatic heterocycles. The Hall–Kier alpha value is -4.70. The lowest BCUT2D eigenvalue weighted by atomic mass is 9.90. The van der Waals surface area contributed by atoms with E-state index in [2.05, 4.69) is 33.7 Å². The first-order valence-electron chi connectivity index (χ1n) is 13.7. The highest BCUT2D eigenvalue weighted by atomic mass is 16.3. The molecule has 7 rings (SSSR count). The molecule has 5 aromatic rings. The van der Waals surface area contributed by atoms with Crippen LogP contribution in [0.5, 0.6) is 0 Å². The van der Waals surface area contributed by atoms with Gasteiger partial charge in [0.15, 0.2) is 0 Å². The second-order valence-electron chi connectivity index (χ2n) is 11.7. The maximum Gasteiger partial charge on any atom is 0.276 e. The molecule has 0 spiro atoms. The van der Waals surface area contributed by atoms with E-state index in [0.717, 1.165) is 29.7 Å². The van der Waals surface area contributed by atoms with Gasteiger partial charge in [-0.3, -0.25) is 14.5 Å². The number of aromatic nitrogens is 5. The Morgan fingerprint density at radius 3 is 2.71 bits per heavy atom. The summed E-state index contributed by atoms with van der Waals surface area (Å²) in [7, 11) is 1.69. The Balaban J connectivity index is 1.25. The predicted octanol–water partition coefficient (Wildman–Crippen LogP) is 3.92. The van der Waals surface area contributed by atoms with Crippen LogP contribution in [0.2, 0.25) is 0 Å². The first-order chi connectivity index (χ1) is 19.7. The number of nitrogens with zero attached hydrogens (tertiary/aromatic N) is 6. The van der Waals surface area contributed by atoms with E-state index >= 15 is 0 Å². The van der Waals surface area contributed by atoms with Crippen LogP contribution < -0.4 is 15.8 Å². The molecule has 41 heavy (non-hydrogen) atoms. The molecule has 0 radical (unpaired) electrons. The average molecular weight is 550 g/mol. The number of aliphatic hydroxyl groups is 1. The normalized spacial score (nSPS) is 15.8. The molecule has 0 saturated carbocycles. The zero-order valence-electron chi connectivity index (χ0n) is 23.3. The highest BCUT2D eigenvalue weighted by Gasteiger charge is 2.37. The van der Waals surface area contributed by atoms with Crippen molar-refractivity contribution in [3.8, 4) is 11.1 Å². The molecule has 6 heterocycles. The predicted molar refractivity (Wildman–Crippen MR) is 157 cm³/mol. The first kappa shape index (κ1) is 25.3. The summed E-state index contributed by atoms with van der Waals surface area (Å²) >= 11 is 0. The highest BCUT2D eigenvalue weighted by Crippen LogP contribution is 2.40. The third-order valence-corrected chi connectivity index (χ3v) is 8.23. The lowest BCUT2D eigenvalue weighted by Gasteiger charge is -2.31. The van der Waals surface area contributed by atoms with Gasteiger partial charge >= 0.3 is 0 Å². The topological polar surface area (TPSA) is 110 Å². The Kier molecular flexibility index (Phi) is 5.65. The SMILES string of the molecule is Cn1cc(-c2ccnc(N3CCn4c(cc5c4CC(C)(C)C5)C3=O)c2CO)cc(Nc2ccc3nccn3c2)c1=O. The Bertz CT molecular complexity index is 1910. The summed E-state index contributed by atoms with van der Waals surface area (Å²) in [6.45, 7) is 5.36. The van der Waals surface area contributed by atoms with Gasteiger partial charge in [-0.2, -0.15) is 0 Å². The number of pyridine rings is 3. The molecule has 1 aliphatic heterocycles. The van der Waals surface area contributed by atoms with Gasteiger partial charge in [0.25, 0.3) is 11.5 Å². The minimum Gasteiger partial charge on any atom is -0.392 e. The van der Waals surface area contributed by atoms with Crippen LogP contribution in [0.15, 0.2) is 66.1 Å². The summed E-state index contributed by atoms with van der Waals surface area (Å²) < 4.78 is 5.55. The van der Waals surface area contributed by atoms with E-state index in [-0.39, 0.29) is 23.5 Å². The van der Waals surface area contributed by atoms with Crippen molar-refractivity contribution in [3.05, 3.63) is 94.2 Å². The largest absolute Gasteiger partial charge is 0.392 e. The van der Waals surface area contributed by atoms with Crippen molar-refractivity contribution < 1.29 is 9.90 Å². The number of aryl methyl sites for hydroxylation is 1. The number of imidazole rings is 1. The molecule has 0 aromatic carbocycles. The summed E-state index contributed by atoms with van der Waals surface area (Å²) in [5, 5.41) is 13.8. The number of fused-ring (bicyclic) bond motifs is 4. The van der Waals surface area contributed by atoms with Crippen LogP contribution >= 0.6 is 0 Å². The van der Waals surface area contributed by atoms with Gasteiger partial charge in [0.05, 0.1) is 12.3 Å². The molecule has 1 aliphatic carbocycles. The van der Waals surface area contributed by atoms with Crippen molar-refractivity contribution in [2.75, 3.05) is 16.8 Å². The van der Waals surface area contributed by atoms with E-state index < -0.39 is 0 Å². The van der Waals surface area contributed by atoms with E-state index in [1.807, 2.05) is 41.1 Å². The van der Waals surface area contributed by atoms with Gasteiger partial charge in [-0.1, -0.05) is 13.8 Å².